The van der Waals surface area contributed by atoms with Crippen molar-refractivity contribution in [2.24, 2.45) is 0 Å². The van der Waals surface area contributed by atoms with Gasteiger partial charge in [0.05, 0.1) is 12.5 Å². The van der Waals surface area contributed by atoms with Crippen molar-refractivity contribution in [2.75, 3.05) is 0 Å². The summed E-state index contributed by atoms with van der Waals surface area (Å²) in [5, 5.41) is 11.6. The third kappa shape index (κ3) is 3.39. The summed E-state index contributed by atoms with van der Waals surface area (Å²) in [5.74, 6) is -0.164. The largest absolute Gasteiger partial charge is 0.348 e. The fraction of sp³-hybridized carbons (Fsp3) is 0.133. The van der Waals surface area contributed by atoms with Gasteiger partial charge < -0.3 is 5.32 Å². The maximum absolute atomic E-state index is 12.1. The molecule has 94 valence electrons. The highest BCUT2D eigenvalue weighted by Crippen LogP contribution is 2.09. The zero-order valence-electron chi connectivity index (χ0n) is 10.3. The predicted molar refractivity (Wildman–Crippen MR) is 71.2 cm³/mol. The Kier molecular flexibility index (Phi) is 4.25. The van der Waals surface area contributed by atoms with Gasteiger partial charge in [-0.05, 0) is 29.3 Å². The standard InChI is InChI=1S/C15H13N3O/c16-8-5-13-3-1-2-4-14(13)15(19)18-11-12-6-9-17-10-7-12/h1-4,6-7,9-10H,5,11H2,(H,18,19). The van der Waals surface area contributed by atoms with Crippen LogP contribution in [0.15, 0.2) is 48.8 Å². The van der Waals surface area contributed by atoms with E-state index >= 15 is 0 Å². The van der Waals surface area contributed by atoms with Crippen molar-refractivity contribution in [3.05, 3.63) is 65.5 Å². The number of nitrogens with zero attached hydrogens (tertiary/aromatic N) is 2. The SMILES string of the molecule is N#CCc1ccccc1C(=O)NCc1ccncc1. The van der Waals surface area contributed by atoms with E-state index in [1.54, 1.807) is 30.6 Å². The van der Waals surface area contributed by atoms with E-state index in [0.717, 1.165) is 11.1 Å². The van der Waals surface area contributed by atoms with E-state index in [1.807, 2.05) is 18.2 Å². The van der Waals surface area contributed by atoms with Crippen LogP contribution in [-0.2, 0) is 13.0 Å². The summed E-state index contributed by atoms with van der Waals surface area (Å²) in [6.45, 7) is 0.447. The van der Waals surface area contributed by atoms with Gasteiger partial charge in [-0.1, -0.05) is 18.2 Å². The lowest BCUT2D eigenvalue weighted by atomic mass is 10.0. The summed E-state index contributed by atoms with van der Waals surface area (Å²) >= 11 is 0. The minimum atomic E-state index is -0.164. The molecule has 0 fully saturated rings. The summed E-state index contributed by atoms with van der Waals surface area (Å²) in [4.78, 5) is 16.0. The van der Waals surface area contributed by atoms with Gasteiger partial charge in [0.15, 0.2) is 0 Å². The predicted octanol–water partition coefficient (Wildman–Crippen LogP) is 2.08. The zero-order valence-corrected chi connectivity index (χ0v) is 10.3. The molecule has 0 saturated carbocycles. The van der Waals surface area contributed by atoms with E-state index < -0.39 is 0 Å². The number of benzene rings is 1. The minimum Gasteiger partial charge on any atom is -0.348 e. The van der Waals surface area contributed by atoms with E-state index in [2.05, 4.69) is 16.4 Å². The summed E-state index contributed by atoms with van der Waals surface area (Å²) in [6.07, 6.45) is 3.61. The molecular weight excluding hydrogens is 238 g/mol. The van der Waals surface area contributed by atoms with Gasteiger partial charge in [-0.15, -0.1) is 0 Å². The average Bonchev–Trinajstić information content (AvgIpc) is 2.47. The van der Waals surface area contributed by atoms with Gasteiger partial charge in [0.25, 0.3) is 5.91 Å². The van der Waals surface area contributed by atoms with Gasteiger partial charge in [-0.25, -0.2) is 0 Å². The Bertz CT molecular complexity index is 602. The molecule has 0 unspecified atom stereocenters. The van der Waals surface area contributed by atoms with Crippen LogP contribution in [0.3, 0.4) is 0 Å². The Hall–Kier alpha value is -2.67. The molecule has 2 aromatic rings. The molecule has 0 aliphatic heterocycles. The van der Waals surface area contributed by atoms with E-state index in [1.165, 1.54) is 0 Å². The average molecular weight is 251 g/mol. The summed E-state index contributed by atoms with van der Waals surface area (Å²) in [5.41, 5.74) is 2.29. The molecule has 2 rings (SSSR count). The second-order valence-corrected chi connectivity index (χ2v) is 4.03. The van der Waals surface area contributed by atoms with Crippen LogP contribution in [0.2, 0.25) is 0 Å². The van der Waals surface area contributed by atoms with Crippen molar-refractivity contribution in [1.29, 1.82) is 5.26 Å². The summed E-state index contributed by atoms with van der Waals surface area (Å²) in [7, 11) is 0. The number of amides is 1. The molecule has 0 radical (unpaired) electrons. The lowest BCUT2D eigenvalue weighted by Gasteiger charge is -2.08. The Morgan fingerprint density at radius 1 is 1.21 bits per heavy atom. The van der Waals surface area contributed by atoms with E-state index in [9.17, 15) is 4.79 Å². The van der Waals surface area contributed by atoms with Crippen molar-refractivity contribution in [2.45, 2.75) is 13.0 Å². The van der Waals surface area contributed by atoms with Crippen molar-refractivity contribution < 1.29 is 4.79 Å². The third-order valence-electron chi connectivity index (χ3n) is 2.73. The Morgan fingerprint density at radius 2 is 1.95 bits per heavy atom. The molecular formula is C15H13N3O. The van der Waals surface area contributed by atoms with Crippen LogP contribution in [0.5, 0.6) is 0 Å². The first-order valence-corrected chi connectivity index (χ1v) is 5.93. The number of pyridine rings is 1. The van der Waals surface area contributed by atoms with Crippen LogP contribution in [0.25, 0.3) is 0 Å². The van der Waals surface area contributed by atoms with Gasteiger partial charge >= 0.3 is 0 Å². The first-order chi connectivity index (χ1) is 9.31. The van der Waals surface area contributed by atoms with E-state index in [0.29, 0.717) is 12.1 Å². The van der Waals surface area contributed by atoms with E-state index in [-0.39, 0.29) is 12.3 Å². The zero-order chi connectivity index (χ0) is 13.5. The monoisotopic (exact) mass is 251 g/mol. The molecule has 1 aromatic heterocycles. The van der Waals surface area contributed by atoms with Crippen molar-refractivity contribution >= 4 is 5.91 Å². The molecule has 0 saturated heterocycles. The van der Waals surface area contributed by atoms with Crippen LogP contribution in [0, 0.1) is 11.3 Å². The number of carbonyl (C=O) groups is 1. The number of hydrogen-bond donors (Lipinski definition) is 1. The number of rotatable bonds is 4. The number of aromatic nitrogens is 1. The van der Waals surface area contributed by atoms with E-state index in [4.69, 9.17) is 5.26 Å². The highest BCUT2D eigenvalue weighted by Gasteiger charge is 2.09. The maximum atomic E-state index is 12.1. The number of hydrogen-bond acceptors (Lipinski definition) is 3. The summed E-state index contributed by atoms with van der Waals surface area (Å²) < 4.78 is 0. The topological polar surface area (TPSA) is 65.8 Å². The molecule has 1 N–H and O–H groups in total. The second kappa shape index (κ2) is 6.31. The van der Waals surface area contributed by atoms with Crippen LogP contribution in [0.1, 0.15) is 21.5 Å². The molecule has 0 aliphatic carbocycles. The smallest absolute Gasteiger partial charge is 0.251 e. The molecule has 1 aromatic carbocycles. The lowest BCUT2D eigenvalue weighted by molar-refractivity contribution is 0.0950. The second-order valence-electron chi connectivity index (χ2n) is 4.03. The minimum absolute atomic E-state index is 0.164. The van der Waals surface area contributed by atoms with Gasteiger partial charge in [0.1, 0.15) is 0 Å². The number of carbonyl (C=O) groups excluding carboxylic acids is 1. The third-order valence-corrected chi connectivity index (χ3v) is 2.73. The molecule has 4 heteroatoms. The van der Waals surface area contributed by atoms with Crippen molar-refractivity contribution in [3.63, 3.8) is 0 Å². The van der Waals surface area contributed by atoms with Gasteiger partial charge in [-0.2, -0.15) is 5.26 Å². The Labute approximate surface area is 111 Å². The van der Waals surface area contributed by atoms with Gasteiger partial charge in [0, 0.05) is 24.5 Å². The fourth-order valence-electron chi connectivity index (χ4n) is 1.76. The normalized spacial score (nSPS) is 9.63. The van der Waals surface area contributed by atoms with Crippen LogP contribution >= 0.6 is 0 Å². The summed E-state index contributed by atoms with van der Waals surface area (Å²) in [6, 6.07) is 12.9. The molecule has 0 aliphatic rings. The first-order valence-electron chi connectivity index (χ1n) is 5.93. The van der Waals surface area contributed by atoms with Gasteiger partial charge in [-0.3, -0.25) is 9.78 Å². The molecule has 0 spiro atoms. The fourth-order valence-corrected chi connectivity index (χ4v) is 1.76. The first kappa shape index (κ1) is 12.8. The van der Waals surface area contributed by atoms with Gasteiger partial charge in [0.2, 0.25) is 0 Å². The van der Waals surface area contributed by atoms with Crippen LogP contribution in [0.4, 0.5) is 0 Å². The quantitative estimate of drug-likeness (QED) is 0.904. The lowest BCUT2D eigenvalue weighted by Crippen LogP contribution is -2.23. The molecule has 1 amide bonds. The molecule has 4 nitrogen and oxygen atoms in total. The number of nitriles is 1. The Morgan fingerprint density at radius 3 is 2.68 bits per heavy atom. The molecule has 1 heterocycles. The molecule has 0 bridgehead atoms. The van der Waals surface area contributed by atoms with Crippen LogP contribution < -0.4 is 5.32 Å². The van der Waals surface area contributed by atoms with Crippen LogP contribution in [-0.4, -0.2) is 10.9 Å². The van der Waals surface area contributed by atoms with Crippen molar-refractivity contribution in [3.8, 4) is 6.07 Å². The highest BCUT2D eigenvalue weighted by molar-refractivity contribution is 5.95. The Balaban J connectivity index is 2.06. The number of nitrogens with one attached hydrogen (secondary N) is 1. The molecule has 19 heavy (non-hydrogen) atoms. The molecule has 0 atom stereocenters. The van der Waals surface area contributed by atoms with Crippen molar-refractivity contribution in [1.82, 2.24) is 10.3 Å². The maximum Gasteiger partial charge on any atom is 0.251 e. The highest BCUT2D eigenvalue weighted by atomic mass is 16.1.